The maximum atomic E-state index is 12.7. The fourth-order valence-corrected chi connectivity index (χ4v) is 2.69. The van der Waals surface area contributed by atoms with Gasteiger partial charge in [-0.2, -0.15) is 0 Å². The van der Waals surface area contributed by atoms with Crippen molar-refractivity contribution in [2.45, 2.75) is 6.42 Å². The van der Waals surface area contributed by atoms with Crippen LogP contribution in [0.25, 0.3) is 10.9 Å². The summed E-state index contributed by atoms with van der Waals surface area (Å²) in [5.41, 5.74) is 2.86. The van der Waals surface area contributed by atoms with Gasteiger partial charge in [0.15, 0.2) is 5.82 Å². The zero-order valence-corrected chi connectivity index (χ0v) is 13.6. The summed E-state index contributed by atoms with van der Waals surface area (Å²) in [5, 5.41) is 1.09. The van der Waals surface area contributed by atoms with Gasteiger partial charge in [0.25, 0.3) is 0 Å². The average molecular weight is 308 g/mol. The van der Waals surface area contributed by atoms with Crippen molar-refractivity contribution in [3.05, 3.63) is 54.4 Å². The van der Waals surface area contributed by atoms with E-state index in [-0.39, 0.29) is 5.91 Å². The lowest BCUT2D eigenvalue weighted by molar-refractivity contribution is -0.117. The highest BCUT2D eigenvalue weighted by Gasteiger charge is 2.18. The van der Waals surface area contributed by atoms with Crippen LogP contribution in [-0.4, -0.2) is 37.0 Å². The lowest BCUT2D eigenvalue weighted by Gasteiger charge is -2.23. The quantitative estimate of drug-likeness (QED) is 0.806. The summed E-state index contributed by atoms with van der Waals surface area (Å²) in [6, 6.07) is 11.8. The van der Waals surface area contributed by atoms with Crippen molar-refractivity contribution in [3.63, 3.8) is 0 Å². The summed E-state index contributed by atoms with van der Waals surface area (Å²) in [6.07, 6.45) is 3.99. The molecule has 3 rings (SSSR count). The first kappa shape index (κ1) is 15.1. The molecule has 0 atom stereocenters. The Morgan fingerprint density at radius 1 is 1.13 bits per heavy atom. The molecule has 0 fully saturated rings. The number of hydrogen-bond donors (Lipinski definition) is 1. The Morgan fingerprint density at radius 3 is 2.70 bits per heavy atom. The number of amides is 1. The van der Waals surface area contributed by atoms with Crippen LogP contribution in [-0.2, 0) is 11.2 Å². The molecule has 0 aliphatic rings. The second-order valence-corrected chi connectivity index (χ2v) is 5.73. The fraction of sp³-hybridized carbons (Fsp3) is 0.222. The molecule has 5 nitrogen and oxygen atoms in total. The minimum Gasteiger partial charge on any atom is -0.361 e. The van der Waals surface area contributed by atoms with E-state index in [0.717, 1.165) is 28.0 Å². The zero-order valence-electron chi connectivity index (χ0n) is 13.6. The van der Waals surface area contributed by atoms with Crippen LogP contribution in [0.3, 0.4) is 0 Å². The first-order chi connectivity index (χ1) is 11.1. The molecule has 0 saturated carbocycles. The van der Waals surface area contributed by atoms with Crippen LogP contribution in [0.1, 0.15) is 5.56 Å². The topological polar surface area (TPSA) is 52.2 Å². The molecule has 3 aromatic rings. The number of para-hydroxylation sites is 1. The van der Waals surface area contributed by atoms with Crippen molar-refractivity contribution < 1.29 is 4.79 Å². The summed E-state index contributed by atoms with van der Waals surface area (Å²) in [4.78, 5) is 23.8. The number of nitrogens with zero attached hydrogens (tertiary/aromatic N) is 3. The Morgan fingerprint density at radius 2 is 1.91 bits per heavy atom. The number of anilines is 2. The lowest BCUT2D eigenvalue weighted by Crippen LogP contribution is -2.29. The second kappa shape index (κ2) is 6.12. The summed E-state index contributed by atoms with van der Waals surface area (Å²) >= 11 is 0. The van der Waals surface area contributed by atoms with E-state index in [1.165, 1.54) is 0 Å². The van der Waals surface area contributed by atoms with E-state index >= 15 is 0 Å². The van der Waals surface area contributed by atoms with Gasteiger partial charge >= 0.3 is 0 Å². The van der Waals surface area contributed by atoms with Gasteiger partial charge in [-0.1, -0.05) is 18.2 Å². The van der Waals surface area contributed by atoms with Crippen molar-refractivity contribution in [3.8, 4) is 0 Å². The molecule has 0 unspecified atom stereocenters. The number of hydrogen-bond acceptors (Lipinski definition) is 3. The van der Waals surface area contributed by atoms with Crippen LogP contribution >= 0.6 is 0 Å². The van der Waals surface area contributed by atoms with Gasteiger partial charge in [0.1, 0.15) is 0 Å². The molecular weight excluding hydrogens is 288 g/mol. The molecule has 0 saturated heterocycles. The number of fused-ring (bicyclic) bond motifs is 1. The largest absolute Gasteiger partial charge is 0.361 e. The first-order valence-electron chi connectivity index (χ1n) is 7.52. The standard InChI is InChI=1S/C18H20N4O/c1-21(2)18-16(9-6-10-19-18)22(3)17(23)11-13-12-20-15-8-5-4-7-14(13)15/h4-10,12,20H,11H2,1-3H3. The number of rotatable bonds is 4. The lowest BCUT2D eigenvalue weighted by atomic mass is 10.1. The normalized spacial score (nSPS) is 10.7. The number of carbonyl (C=O) groups is 1. The molecule has 0 spiro atoms. The first-order valence-corrected chi connectivity index (χ1v) is 7.52. The molecule has 0 aliphatic carbocycles. The highest BCUT2D eigenvalue weighted by Crippen LogP contribution is 2.25. The molecule has 0 bridgehead atoms. The number of H-pyrrole nitrogens is 1. The van der Waals surface area contributed by atoms with Gasteiger partial charge in [-0.3, -0.25) is 4.79 Å². The Hall–Kier alpha value is -2.82. The number of pyridine rings is 1. The second-order valence-electron chi connectivity index (χ2n) is 5.73. The number of aromatic nitrogens is 2. The van der Waals surface area contributed by atoms with E-state index in [0.29, 0.717) is 6.42 Å². The van der Waals surface area contributed by atoms with Crippen LogP contribution in [0, 0.1) is 0 Å². The van der Waals surface area contributed by atoms with Gasteiger partial charge in [0.05, 0.1) is 12.1 Å². The molecule has 1 N–H and O–H groups in total. The zero-order chi connectivity index (χ0) is 16.4. The van der Waals surface area contributed by atoms with Gasteiger partial charge < -0.3 is 14.8 Å². The van der Waals surface area contributed by atoms with Crippen molar-refractivity contribution in [2.24, 2.45) is 0 Å². The third-order valence-electron chi connectivity index (χ3n) is 3.94. The van der Waals surface area contributed by atoms with Crippen molar-refractivity contribution in [2.75, 3.05) is 30.9 Å². The van der Waals surface area contributed by atoms with E-state index in [9.17, 15) is 4.79 Å². The van der Waals surface area contributed by atoms with Crippen molar-refractivity contribution >= 4 is 28.3 Å². The third-order valence-corrected chi connectivity index (χ3v) is 3.94. The maximum Gasteiger partial charge on any atom is 0.231 e. The number of likely N-dealkylation sites (N-methyl/N-ethyl adjacent to an activating group) is 1. The smallest absolute Gasteiger partial charge is 0.231 e. The molecule has 5 heteroatoms. The molecule has 2 aromatic heterocycles. The SMILES string of the molecule is CN(C)c1ncccc1N(C)C(=O)Cc1c[nH]c2ccccc12. The van der Waals surface area contributed by atoms with Crippen LogP contribution in [0.4, 0.5) is 11.5 Å². The summed E-state index contributed by atoms with van der Waals surface area (Å²) < 4.78 is 0. The van der Waals surface area contributed by atoms with Gasteiger partial charge in [-0.25, -0.2) is 4.98 Å². The van der Waals surface area contributed by atoms with E-state index in [1.54, 1.807) is 18.1 Å². The average Bonchev–Trinajstić information content (AvgIpc) is 2.97. The van der Waals surface area contributed by atoms with Crippen LogP contribution in [0.2, 0.25) is 0 Å². The molecule has 23 heavy (non-hydrogen) atoms. The van der Waals surface area contributed by atoms with E-state index in [2.05, 4.69) is 9.97 Å². The summed E-state index contributed by atoms with van der Waals surface area (Å²) in [5.74, 6) is 0.813. The number of carbonyl (C=O) groups excluding carboxylic acids is 1. The van der Waals surface area contributed by atoms with Crippen molar-refractivity contribution in [1.82, 2.24) is 9.97 Å². The van der Waals surface area contributed by atoms with Crippen molar-refractivity contribution in [1.29, 1.82) is 0 Å². The van der Waals surface area contributed by atoms with Crippen LogP contribution in [0.15, 0.2) is 48.8 Å². The molecule has 0 radical (unpaired) electrons. The Bertz CT molecular complexity index is 838. The monoisotopic (exact) mass is 308 g/mol. The van der Waals surface area contributed by atoms with Gasteiger partial charge in [0, 0.05) is 44.4 Å². The highest BCUT2D eigenvalue weighted by atomic mass is 16.2. The predicted octanol–water partition coefficient (Wildman–Crippen LogP) is 2.83. The summed E-state index contributed by atoms with van der Waals surface area (Å²) in [7, 11) is 5.63. The Balaban J connectivity index is 1.86. The molecular formula is C18H20N4O. The molecule has 1 aromatic carbocycles. The van der Waals surface area contributed by atoms with E-state index < -0.39 is 0 Å². The minimum absolute atomic E-state index is 0.0332. The number of nitrogens with one attached hydrogen (secondary N) is 1. The number of benzene rings is 1. The maximum absolute atomic E-state index is 12.7. The van der Waals surface area contributed by atoms with Crippen LogP contribution in [0.5, 0.6) is 0 Å². The predicted molar refractivity (Wildman–Crippen MR) is 94.0 cm³/mol. The Labute approximate surface area is 135 Å². The van der Waals surface area contributed by atoms with E-state index in [4.69, 9.17) is 0 Å². The fourth-order valence-electron chi connectivity index (χ4n) is 2.69. The highest BCUT2D eigenvalue weighted by molar-refractivity contribution is 5.99. The third kappa shape index (κ3) is 2.90. The molecule has 1 amide bonds. The molecule has 0 aliphatic heterocycles. The van der Waals surface area contributed by atoms with Gasteiger partial charge in [-0.05, 0) is 23.8 Å². The number of aromatic amines is 1. The molecule has 118 valence electrons. The van der Waals surface area contributed by atoms with Crippen LogP contribution < -0.4 is 9.80 Å². The van der Waals surface area contributed by atoms with Gasteiger partial charge in [-0.15, -0.1) is 0 Å². The summed E-state index contributed by atoms with van der Waals surface area (Å²) in [6.45, 7) is 0. The Kier molecular flexibility index (Phi) is 4.02. The van der Waals surface area contributed by atoms with Gasteiger partial charge in [0.2, 0.25) is 5.91 Å². The minimum atomic E-state index is 0.0332. The molecule has 2 heterocycles. The van der Waals surface area contributed by atoms with E-state index in [1.807, 2.05) is 61.6 Å².